The van der Waals surface area contributed by atoms with Crippen molar-refractivity contribution in [2.75, 3.05) is 38.1 Å². The average molecular weight is 357 g/mol. The topological polar surface area (TPSA) is 74.0 Å². The first kappa shape index (κ1) is 17.3. The van der Waals surface area contributed by atoms with Crippen molar-refractivity contribution < 1.29 is 4.79 Å². The van der Waals surface area contributed by atoms with E-state index in [2.05, 4.69) is 37.6 Å². The number of thiophene rings is 1. The molecule has 0 saturated carbocycles. The Morgan fingerprint density at radius 1 is 1.24 bits per heavy atom. The van der Waals surface area contributed by atoms with Gasteiger partial charge in [-0.3, -0.25) is 9.79 Å². The number of amides is 1. The number of hydrogen-bond donors (Lipinski definition) is 2. The van der Waals surface area contributed by atoms with Gasteiger partial charge in [-0.05, 0) is 35.2 Å². The lowest BCUT2D eigenvalue weighted by Crippen LogP contribution is -2.52. The fraction of sp³-hybridized carbons (Fsp3) is 0.333. The zero-order chi connectivity index (χ0) is 17.6. The van der Waals surface area contributed by atoms with Gasteiger partial charge in [0, 0.05) is 45.3 Å². The van der Waals surface area contributed by atoms with Crippen LogP contribution in [0.25, 0.3) is 0 Å². The molecule has 7 heteroatoms. The van der Waals surface area contributed by atoms with Crippen LogP contribution in [0.1, 0.15) is 15.9 Å². The first-order valence-electron chi connectivity index (χ1n) is 8.30. The summed E-state index contributed by atoms with van der Waals surface area (Å²) in [5.41, 5.74) is 6.88. The van der Waals surface area contributed by atoms with Gasteiger partial charge >= 0.3 is 0 Å². The summed E-state index contributed by atoms with van der Waals surface area (Å²) < 4.78 is 0. The highest BCUT2D eigenvalue weighted by Crippen LogP contribution is 2.22. The fourth-order valence-corrected chi connectivity index (χ4v) is 3.72. The predicted octanol–water partition coefficient (Wildman–Crippen LogP) is 1.74. The Balaban J connectivity index is 1.55. The minimum absolute atomic E-state index is 0.407. The second kappa shape index (κ2) is 8.02. The summed E-state index contributed by atoms with van der Waals surface area (Å²) in [5.74, 6) is 0.478. The number of nitrogens with one attached hydrogen (secondary N) is 1. The van der Waals surface area contributed by atoms with Crippen LogP contribution in [0.4, 0.5) is 5.00 Å². The molecule has 1 aromatic heterocycles. The van der Waals surface area contributed by atoms with Gasteiger partial charge in [0.05, 0.1) is 5.00 Å². The van der Waals surface area contributed by atoms with Gasteiger partial charge in [0.15, 0.2) is 5.96 Å². The highest BCUT2D eigenvalue weighted by Gasteiger charge is 2.20. The Morgan fingerprint density at radius 3 is 2.68 bits per heavy atom. The number of rotatable bonds is 4. The van der Waals surface area contributed by atoms with Gasteiger partial charge in [-0.25, -0.2) is 0 Å². The third-order valence-electron chi connectivity index (χ3n) is 4.27. The minimum Gasteiger partial charge on any atom is -0.366 e. The van der Waals surface area contributed by atoms with Crippen molar-refractivity contribution in [1.29, 1.82) is 0 Å². The van der Waals surface area contributed by atoms with Crippen LogP contribution >= 0.6 is 11.3 Å². The van der Waals surface area contributed by atoms with E-state index >= 15 is 0 Å². The molecule has 3 N–H and O–H groups in total. The van der Waals surface area contributed by atoms with Crippen molar-refractivity contribution in [3.63, 3.8) is 0 Å². The highest BCUT2D eigenvalue weighted by atomic mass is 32.1. The molecule has 132 valence electrons. The van der Waals surface area contributed by atoms with Gasteiger partial charge in [0.2, 0.25) is 5.91 Å². The van der Waals surface area contributed by atoms with E-state index < -0.39 is 5.91 Å². The van der Waals surface area contributed by atoms with E-state index in [1.807, 2.05) is 18.2 Å². The monoisotopic (exact) mass is 357 g/mol. The van der Waals surface area contributed by atoms with Gasteiger partial charge < -0.3 is 20.9 Å². The van der Waals surface area contributed by atoms with Crippen molar-refractivity contribution in [3.8, 4) is 0 Å². The molecule has 6 nitrogen and oxygen atoms in total. The molecule has 25 heavy (non-hydrogen) atoms. The normalized spacial score (nSPS) is 15.3. The SMILES string of the molecule is CN=C(NCc1cccc(C(N)=O)c1)N1CCN(c2cccs2)CC1. The minimum atomic E-state index is -0.407. The molecule has 0 atom stereocenters. The summed E-state index contributed by atoms with van der Waals surface area (Å²) in [6.45, 7) is 4.44. The number of carbonyl (C=O) groups is 1. The Bertz CT molecular complexity index is 736. The maximum absolute atomic E-state index is 11.3. The van der Waals surface area contributed by atoms with Crippen LogP contribution < -0.4 is 16.0 Å². The summed E-state index contributed by atoms with van der Waals surface area (Å²) >= 11 is 1.78. The van der Waals surface area contributed by atoms with Crippen LogP contribution in [-0.4, -0.2) is 50.0 Å². The lowest BCUT2D eigenvalue weighted by Gasteiger charge is -2.37. The van der Waals surface area contributed by atoms with Crippen molar-refractivity contribution in [2.24, 2.45) is 10.7 Å². The molecular formula is C18H23N5OS. The standard InChI is InChI=1S/C18H23N5OS/c1-20-18(21-13-14-4-2-5-15(12-14)17(19)24)23-9-7-22(8-10-23)16-6-3-11-25-16/h2-6,11-12H,7-10,13H2,1H3,(H2,19,24)(H,20,21). The molecule has 1 fully saturated rings. The zero-order valence-corrected chi connectivity index (χ0v) is 15.1. The first-order chi connectivity index (χ1) is 12.2. The van der Waals surface area contributed by atoms with E-state index in [1.54, 1.807) is 24.5 Å². The number of primary amides is 1. The van der Waals surface area contributed by atoms with Crippen LogP contribution in [0, 0.1) is 0 Å². The molecule has 1 aromatic carbocycles. The van der Waals surface area contributed by atoms with Crippen molar-refractivity contribution in [2.45, 2.75) is 6.54 Å². The molecule has 3 rings (SSSR count). The van der Waals surface area contributed by atoms with Crippen molar-refractivity contribution >= 4 is 28.2 Å². The van der Waals surface area contributed by atoms with E-state index in [0.29, 0.717) is 12.1 Å². The van der Waals surface area contributed by atoms with Crippen molar-refractivity contribution in [3.05, 3.63) is 52.9 Å². The number of hydrogen-bond acceptors (Lipinski definition) is 4. The second-order valence-corrected chi connectivity index (χ2v) is 6.82. The number of benzene rings is 1. The molecule has 0 radical (unpaired) electrons. The lowest BCUT2D eigenvalue weighted by atomic mass is 10.1. The average Bonchev–Trinajstić information content (AvgIpc) is 3.18. The summed E-state index contributed by atoms with van der Waals surface area (Å²) in [6.07, 6.45) is 0. The fourth-order valence-electron chi connectivity index (χ4n) is 2.94. The third kappa shape index (κ3) is 4.30. The zero-order valence-electron chi connectivity index (χ0n) is 14.3. The van der Waals surface area contributed by atoms with Gasteiger partial charge in [-0.2, -0.15) is 0 Å². The quantitative estimate of drug-likeness (QED) is 0.646. The molecule has 1 aliphatic rings. The summed E-state index contributed by atoms with van der Waals surface area (Å²) in [5, 5.41) is 6.82. The van der Waals surface area contributed by atoms with E-state index in [1.165, 1.54) is 5.00 Å². The Kier molecular flexibility index (Phi) is 5.55. The number of piperazine rings is 1. The van der Waals surface area contributed by atoms with E-state index in [0.717, 1.165) is 37.7 Å². The molecule has 0 unspecified atom stereocenters. The maximum atomic E-state index is 11.3. The lowest BCUT2D eigenvalue weighted by molar-refractivity contribution is 0.1000. The molecule has 1 aliphatic heterocycles. The predicted molar refractivity (Wildman–Crippen MR) is 103 cm³/mol. The summed E-state index contributed by atoms with van der Waals surface area (Å²) in [6, 6.07) is 11.6. The Labute approximate surface area is 152 Å². The summed E-state index contributed by atoms with van der Waals surface area (Å²) in [4.78, 5) is 20.4. The van der Waals surface area contributed by atoms with E-state index in [9.17, 15) is 4.79 Å². The van der Waals surface area contributed by atoms with Crippen LogP contribution in [0.3, 0.4) is 0 Å². The van der Waals surface area contributed by atoms with Gasteiger partial charge in [-0.15, -0.1) is 11.3 Å². The van der Waals surface area contributed by atoms with Crippen molar-refractivity contribution in [1.82, 2.24) is 10.2 Å². The van der Waals surface area contributed by atoms with Crippen LogP contribution in [-0.2, 0) is 6.54 Å². The largest absolute Gasteiger partial charge is 0.366 e. The second-order valence-electron chi connectivity index (χ2n) is 5.89. The Hall–Kier alpha value is -2.54. The molecular weight excluding hydrogens is 334 g/mol. The molecule has 2 heterocycles. The van der Waals surface area contributed by atoms with Crippen LogP contribution in [0.15, 0.2) is 46.8 Å². The van der Waals surface area contributed by atoms with E-state index in [4.69, 9.17) is 5.73 Å². The molecule has 2 aromatic rings. The van der Waals surface area contributed by atoms with Crippen LogP contribution in [0.5, 0.6) is 0 Å². The van der Waals surface area contributed by atoms with E-state index in [-0.39, 0.29) is 0 Å². The molecule has 0 spiro atoms. The molecule has 1 amide bonds. The maximum Gasteiger partial charge on any atom is 0.248 e. The number of aliphatic imine (C=N–C) groups is 1. The first-order valence-corrected chi connectivity index (χ1v) is 9.18. The number of nitrogens with zero attached hydrogens (tertiary/aromatic N) is 3. The third-order valence-corrected chi connectivity index (χ3v) is 5.20. The Morgan fingerprint density at radius 2 is 2.04 bits per heavy atom. The number of anilines is 1. The number of guanidine groups is 1. The summed E-state index contributed by atoms with van der Waals surface area (Å²) in [7, 11) is 1.80. The van der Waals surface area contributed by atoms with Gasteiger partial charge in [0.25, 0.3) is 0 Å². The molecule has 0 bridgehead atoms. The van der Waals surface area contributed by atoms with Crippen LogP contribution in [0.2, 0.25) is 0 Å². The smallest absolute Gasteiger partial charge is 0.248 e. The number of nitrogens with two attached hydrogens (primary N) is 1. The number of carbonyl (C=O) groups excluding carboxylic acids is 1. The molecule has 1 saturated heterocycles. The highest BCUT2D eigenvalue weighted by molar-refractivity contribution is 7.14. The molecule has 0 aliphatic carbocycles. The van der Waals surface area contributed by atoms with Gasteiger partial charge in [0.1, 0.15) is 0 Å². The van der Waals surface area contributed by atoms with Gasteiger partial charge in [-0.1, -0.05) is 12.1 Å².